The van der Waals surface area contributed by atoms with Crippen LogP contribution in [-0.2, 0) is 0 Å². The second-order valence-electron chi connectivity index (χ2n) is 7.70. The highest BCUT2D eigenvalue weighted by molar-refractivity contribution is 6.30. The molecule has 0 spiro atoms. The number of fused-ring (bicyclic) bond motifs is 2. The summed E-state index contributed by atoms with van der Waals surface area (Å²) < 4.78 is 6.37. The van der Waals surface area contributed by atoms with Gasteiger partial charge in [0.25, 0.3) is 0 Å². The van der Waals surface area contributed by atoms with Crippen molar-refractivity contribution in [3.63, 3.8) is 0 Å². The van der Waals surface area contributed by atoms with E-state index in [1.165, 1.54) is 0 Å². The van der Waals surface area contributed by atoms with Crippen LogP contribution in [0.4, 0.5) is 4.79 Å². The fourth-order valence-corrected chi connectivity index (χ4v) is 4.40. The zero-order chi connectivity index (χ0) is 17.0. The van der Waals surface area contributed by atoms with E-state index in [9.17, 15) is 9.90 Å². The molecule has 2 heterocycles. The number of likely N-dealkylation sites (tertiary alicyclic amines) is 1. The SMILES string of the molecule is C[C@@H]1[C@@H]2C[C@H](N1C(=O)O)[C@@](Oc1ccc(Cl)cn1)(C(C)(C)C)C2. The summed E-state index contributed by atoms with van der Waals surface area (Å²) in [5.41, 5.74) is -0.801. The van der Waals surface area contributed by atoms with Gasteiger partial charge >= 0.3 is 6.09 Å². The normalized spacial score (nSPS) is 33.1. The van der Waals surface area contributed by atoms with Gasteiger partial charge in [0, 0.05) is 23.7 Å². The number of pyridine rings is 1. The quantitative estimate of drug-likeness (QED) is 0.883. The van der Waals surface area contributed by atoms with Crippen LogP contribution in [0.25, 0.3) is 0 Å². The van der Waals surface area contributed by atoms with Gasteiger partial charge in [0.05, 0.1) is 11.1 Å². The first-order chi connectivity index (χ1) is 10.7. The number of nitrogens with zero attached hydrogens (tertiary/aromatic N) is 2. The molecule has 1 saturated heterocycles. The number of ether oxygens (including phenoxy) is 1. The van der Waals surface area contributed by atoms with Gasteiger partial charge in [-0.05, 0) is 31.7 Å². The van der Waals surface area contributed by atoms with Crippen LogP contribution in [0.15, 0.2) is 18.3 Å². The molecule has 0 aromatic carbocycles. The van der Waals surface area contributed by atoms with Crippen molar-refractivity contribution in [2.75, 3.05) is 0 Å². The molecule has 5 nitrogen and oxygen atoms in total. The Labute approximate surface area is 141 Å². The highest BCUT2D eigenvalue weighted by Gasteiger charge is 2.65. The monoisotopic (exact) mass is 338 g/mol. The number of hydrogen-bond donors (Lipinski definition) is 1. The molecule has 1 aromatic rings. The van der Waals surface area contributed by atoms with Crippen LogP contribution in [0.1, 0.15) is 40.5 Å². The number of carbonyl (C=O) groups is 1. The number of aromatic nitrogens is 1. The molecular formula is C17H23ClN2O3. The molecule has 1 aliphatic heterocycles. The van der Waals surface area contributed by atoms with Crippen molar-refractivity contribution in [2.24, 2.45) is 11.3 Å². The summed E-state index contributed by atoms with van der Waals surface area (Å²) in [7, 11) is 0. The lowest BCUT2D eigenvalue weighted by atomic mass is 9.70. The minimum atomic E-state index is -0.869. The van der Waals surface area contributed by atoms with Crippen LogP contribution >= 0.6 is 11.6 Å². The van der Waals surface area contributed by atoms with Crippen LogP contribution in [-0.4, -0.2) is 38.8 Å². The average molecular weight is 339 g/mol. The number of carboxylic acid groups (broad SMARTS) is 1. The Morgan fingerprint density at radius 3 is 2.65 bits per heavy atom. The van der Waals surface area contributed by atoms with Gasteiger partial charge in [-0.1, -0.05) is 32.4 Å². The lowest BCUT2D eigenvalue weighted by molar-refractivity contribution is -0.102. The summed E-state index contributed by atoms with van der Waals surface area (Å²) in [6.07, 6.45) is 2.37. The number of amides is 1. The molecule has 2 aliphatic rings. The van der Waals surface area contributed by atoms with Gasteiger partial charge in [-0.3, -0.25) is 4.90 Å². The number of rotatable bonds is 2. The third-order valence-electron chi connectivity index (χ3n) is 5.56. The predicted octanol–water partition coefficient (Wildman–Crippen LogP) is 4.06. The topological polar surface area (TPSA) is 62.7 Å². The van der Waals surface area contributed by atoms with Crippen LogP contribution < -0.4 is 4.74 Å². The first-order valence-electron chi connectivity index (χ1n) is 7.97. The number of piperidine rings is 1. The molecule has 6 heteroatoms. The van der Waals surface area contributed by atoms with Crippen molar-refractivity contribution in [3.8, 4) is 5.88 Å². The van der Waals surface area contributed by atoms with Crippen molar-refractivity contribution < 1.29 is 14.6 Å². The highest BCUT2D eigenvalue weighted by atomic mass is 35.5. The third-order valence-corrected chi connectivity index (χ3v) is 5.79. The molecule has 1 aromatic heterocycles. The lowest BCUT2D eigenvalue weighted by Gasteiger charge is -2.51. The molecule has 1 saturated carbocycles. The van der Waals surface area contributed by atoms with E-state index < -0.39 is 11.7 Å². The Kier molecular flexibility index (Phi) is 3.75. The zero-order valence-corrected chi connectivity index (χ0v) is 14.7. The van der Waals surface area contributed by atoms with E-state index in [4.69, 9.17) is 16.3 Å². The van der Waals surface area contributed by atoms with Crippen LogP contribution in [0.2, 0.25) is 5.02 Å². The maximum atomic E-state index is 11.8. The van der Waals surface area contributed by atoms with E-state index in [1.54, 1.807) is 23.2 Å². The Morgan fingerprint density at radius 1 is 1.48 bits per heavy atom. The molecule has 1 amide bonds. The first-order valence-corrected chi connectivity index (χ1v) is 8.35. The Balaban J connectivity index is 1.99. The van der Waals surface area contributed by atoms with Crippen molar-refractivity contribution in [2.45, 2.75) is 58.2 Å². The second kappa shape index (κ2) is 5.26. The molecule has 0 radical (unpaired) electrons. The maximum Gasteiger partial charge on any atom is 0.407 e. The van der Waals surface area contributed by atoms with E-state index >= 15 is 0 Å². The minimum Gasteiger partial charge on any atom is -0.468 e. The summed E-state index contributed by atoms with van der Waals surface area (Å²) in [6.45, 7) is 8.31. The van der Waals surface area contributed by atoms with Crippen molar-refractivity contribution in [3.05, 3.63) is 23.4 Å². The molecule has 2 bridgehead atoms. The van der Waals surface area contributed by atoms with Crippen LogP contribution in [0, 0.1) is 11.3 Å². The summed E-state index contributed by atoms with van der Waals surface area (Å²) in [4.78, 5) is 17.6. The third kappa shape index (κ3) is 2.45. The predicted molar refractivity (Wildman–Crippen MR) is 87.9 cm³/mol. The Bertz CT molecular complexity index is 613. The summed E-state index contributed by atoms with van der Waals surface area (Å²) in [5.74, 6) is 0.817. The highest BCUT2D eigenvalue weighted by Crippen LogP contribution is 2.56. The van der Waals surface area contributed by atoms with Gasteiger partial charge in [0.2, 0.25) is 5.88 Å². The molecule has 126 valence electrons. The van der Waals surface area contributed by atoms with Gasteiger partial charge in [0.15, 0.2) is 0 Å². The van der Waals surface area contributed by atoms with Crippen molar-refractivity contribution in [1.82, 2.24) is 9.88 Å². The Hall–Kier alpha value is -1.49. The van der Waals surface area contributed by atoms with E-state index in [-0.39, 0.29) is 17.5 Å². The van der Waals surface area contributed by atoms with Gasteiger partial charge in [-0.2, -0.15) is 0 Å². The van der Waals surface area contributed by atoms with E-state index in [2.05, 4.69) is 25.8 Å². The zero-order valence-electron chi connectivity index (χ0n) is 13.9. The van der Waals surface area contributed by atoms with E-state index in [0.717, 1.165) is 12.8 Å². The smallest absolute Gasteiger partial charge is 0.407 e. The molecule has 0 unspecified atom stereocenters. The van der Waals surface area contributed by atoms with Gasteiger partial charge in [-0.25, -0.2) is 9.78 Å². The standard InChI is InChI=1S/C17H23ClN2O3/c1-10-11-7-13(20(10)15(21)22)17(8-11,16(2,3)4)23-14-6-5-12(18)9-19-14/h5-6,9-11,13H,7-8H2,1-4H3,(H,21,22)/t10-,11-,13+,17-/m1/s1. The average Bonchev–Trinajstić information content (AvgIpc) is 2.96. The fourth-order valence-electron chi connectivity index (χ4n) is 4.29. The molecular weight excluding hydrogens is 316 g/mol. The Morgan fingerprint density at radius 2 is 2.17 bits per heavy atom. The van der Waals surface area contributed by atoms with Crippen molar-refractivity contribution >= 4 is 17.7 Å². The molecule has 2 fully saturated rings. The van der Waals surface area contributed by atoms with Crippen LogP contribution in [0.3, 0.4) is 0 Å². The first kappa shape index (κ1) is 16.4. The minimum absolute atomic E-state index is 0.0368. The van der Waals surface area contributed by atoms with E-state index in [1.807, 2.05) is 6.92 Å². The van der Waals surface area contributed by atoms with Gasteiger partial charge in [-0.15, -0.1) is 0 Å². The lowest BCUT2D eigenvalue weighted by Crippen LogP contribution is -2.64. The summed E-state index contributed by atoms with van der Waals surface area (Å²) >= 11 is 5.90. The fraction of sp³-hybridized carbons (Fsp3) is 0.647. The molecule has 3 rings (SSSR count). The van der Waals surface area contributed by atoms with Gasteiger partial charge in [0.1, 0.15) is 5.60 Å². The number of halogens is 1. The van der Waals surface area contributed by atoms with E-state index in [0.29, 0.717) is 16.8 Å². The molecule has 23 heavy (non-hydrogen) atoms. The summed E-state index contributed by atoms with van der Waals surface area (Å²) in [5, 5.41) is 10.2. The molecule has 1 N–H and O–H groups in total. The molecule has 4 atom stereocenters. The maximum absolute atomic E-state index is 11.8. The number of hydrogen-bond acceptors (Lipinski definition) is 3. The van der Waals surface area contributed by atoms with Crippen molar-refractivity contribution in [1.29, 1.82) is 0 Å². The van der Waals surface area contributed by atoms with Crippen LogP contribution in [0.5, 0.6) is 5.88 Å². The van der Waals surface area contributed by atoms with Gasteiger partial charge < -0.3 is 9.84 Å². The largest absolute Gasteiger partial charge is 0.468 e. The summed E-state index contributed by atoms with van der Waals surface area (Å²) in [6, 6.07) is 3.37. The molecule has 1 aliphatic carbocycles. The second-order valence-corrected chi connectivity index (χ2v) is 8.14.